The Balaban J connectivity index is 1.18. The van der Waals surface area contributed by atoms with Crippen molar-refractivity contribution in [3.8, 4) is 0 Å². The average Bonchev–Trinajstić information content (AvgIpc) is 3.30. The van der Waals surface area contributed by atoms with Gasteiger partial charge in [-0.2, -0.15) is 0 Å². The van der Waals surface area contributed by atoms with Gasteiger partial charge in [0.2, 0.25) is 15.9 Å². The zero-order valence-electron chi connectivity index (χ0n) is 19.3. The van der Waals surface area contributed by atoms with Gasteiger partial charge in [0, 0.05) is 51.9 Å². The van der Waals surface area contributed by atoms with E-state index >= 15 is 0 Å². The van der Waals surface area contributed by atoms with E-state index in [4.69, 9.17) is 0 Å². The molecule has 1 atom stereocenters. The lowest BCUT2D eigenvalue weighted by Gasteiger charge is -2.35. The Morgan fingerprint density at radius 2 is 1.64 bits per heavy atom. The van der Waals surface area contributed by atoms with Crippen molar-refractivity contribution in [3.63, 3.8) is 0 Å². The predicted octanol–water partition coefficient (Wildman–Crippen LogP) is 1.83. The van der Waals surface area contributed by atoms with Crippen LogP contribution < -0.4 is 5.32 Å². The molecule has 0 bridgehead atoms. The minimum absolute atomic E-state index is 0.0160. The Hall–Kier alpha value is -2.26. The minimum atomic E-state index is -3.35. The zero-order chi connectivity index (χ0) is 23.3. The maximum Gasteiger partial charge on any atom is 0.236 e. The third kappa shape index (κ3) is 6.63. The van der Waals surface area contributed by atoms with Crippen LogP contribution in [0.4, 0.5) is 0 Å². The molecule has 0 aliphatic carbocycles. The number of piperazine rings is 1. The number of sulfonamides is 1. The monoisotopic (exact) mass is 470 g/mol. The van der Waals surface area contributed by atoms with E-state index in [-0.39, 0.29) is 24.2 Å². The molecule has 0 aromatic heterocycles. The minimum Gasteiger partial charge on any atom is -0.339 e. The molecule has 2 saturated heterocycles. The van der Waals surface area contributed by atoms with Crippen LogP contribution >= 0.6 is 0 Å². The fraction of sp³-hybridized carbons (Fsp3) is 0.480. The van der Waals surface area contributed by atoms with Gasteiger partial charge < -0.3 is 10.2 Å². The Kier molecular flexibility index (Phi) is 7.80. The summed E-state index contributed by atoms with van der Waals surface area (Å²) in [7, 11) is -3.35. The highest BCUT2D eigenvalue weighted by Crippen LogP contribution is 2.18. The number of hydrogen-bond acceptors (Lipinski definition) is 5. The molecule has 33 heavy (non-hydrogen) atoms. The van der Waals surface area contributed by atoms with E-state index in [9.17, 15) is 13.2 Å². The van der Waals surface area contributed by atoms with Crippen molar-refractivity contribution in [3.05, 3.63) is 71.3 Å². The second kappa shape index (κ2) is 10.8. The van der Waals surface area contributed by atoms with Crippen molar-refractivity contribution in [2.75, 3.05) is 45.8 Å². The quantitative estimate of drug-likeness (QED) is 0.637. The van der Waals surface area contributed by atoms with Crippen LogP contribution in [0.3, 0.4) is 0 Å². The summed E-state index contributed by atoms with van der Waals surface area (Å²) in [5.74, 6) is 0.113. The molecule has 0 spiro atoms. The number of aryl methyl sites for hydroxylation is 1. The van der Waals surface area contributed by atoms with Crippen LogP contribution in [0.2, 0.25) is 0 Å². The summed E-state index contributed by atoms with van der Waals surface area (Å²) in [4.78, 5) is 17.0. The van der Waals surface area contributed by atoms with Crippen molar-refractivity contribution in [2.24, 2.45) is 0 Å². The first-order chi connectivity index (χ1) is 15.9. The molecule has 0 radical (unpaired) electrons. The number of carbonyl (C=O) groups excluding carboxylic acids is 1. The first kappa shape index (κ1) is 23.9. The fourth-order valence-electron chi connectivity index (χ4n) is 4.47. The Labute approximate surface area is 197 Å². The van der Waals surface area contributed by atoms with Gasteiger partial charge in [-0.1, -0.05) is 60.2 Å². The van der Waals surface area contributed by atoms with Crippen molar-refractivity contribution in [2.45, 2.75) is 31.7 Å². The van der Waals surface area contributed by atoms with Crippen molar-refractivity contribution in [1.82, 2.24) is 19.4 Å². The van der Waals surface area contributed by atoms with Crippen molar-refractivity contribution in [1.29, 1.82) is 0 Å². The molecule has 1 amide bonds. The number of rotatable bonds is 8. The number of nitrogens with zero attached hydrogens (tertiary/aromatic N) is 3. The van der Waals surface area contributed by atoms with Crippen LogP contribution in [0.5, 0.6) is 0 Å². The summed E-state index contributed by atoms with van der Waals surface area (Å²) >= 11 is 0. The molecule has 4 rings (SSSR count). The highest BCUT2D eigenvalue weighted by Gasteiger charge is 2.32. The number of amides is 1. The van der Waals surface area contributed by atoms with Crippen LogP contribution in [-0.2, 0) is 27.1 Å². The molecule has 2 aromatic carbocycles. The van der Waals surface area contributed by atoms with Crippen LogP contribution in [0.15, 0.2) is 54.6 Å². The van der Waals surface area contributed by atoms with Gasteiger partial charge in [-0.15, -0.1) is 0 Å². The molecule has 0 unspecified atom stereocenters. The lowest BCUT2D eigenvalue weighted by molar-refractivity contribution is -0.132. The largest absolute Gasteiger partial charge is 0.339 e. The standard InChI is InChI=1S/C25H34N4O3S/c1-21-7-9-22(10-8-21)18-27-13-15-28(16-14-27)25(30)17-26-24-11-12-29(19-24)33(31,32)20-23-5-3-2-4-6-23/h2-10,24,26H,11-20H2,1H3/t24-/m0/s1. The van der Waals surface area contributed by atoms with Gasteiger partial charge in [-0.05, 0) is 24.5 Å². The van der Waals surface area contributed by atoms with Crippen LogP contribution in [0.25, 0.3) is 0 Å². The highest BCUT2D eigenvalue weighted by molar-refractivity contribution is 7.88. The second-order valence-corrected chi connectivity index (χ2v) is 11.1. The molecule has 0 saturated carbocycles. The van der Waals surface area contributed by atoms with Gasteiger partial charge in [0.05, 0.1) is 12.3 Å². The lowest BCUT2D eigenvalue weighted by Crippen LogP contribution is -2.51. The van der Waals surface area contributed by atoms with Gasteiger partial charge in [0.1, 0.15) is 0 Å². The van der Waals surface area contributed by atoms with Crippen LogP contribution in [0.1, 0.15) is 23.1 Å². The van der Waals surface area contributed by atoms with Gasteiger partial charge in [-0.25, -0.2) is 12.7 Å². The third-order valence-corrected chi connectivity index (χ3v) is 8.35. The van der Waals surface area contributed by atoms with E-state index < -0.39 is 10.0 Å². The Bertz CT molecular complexity index is 1020. The first-order valence-corrected chi connectivity index (χ1v) is 13.3. The SMILES string of the molecule is Cc1ccc(CN2CCN(C(=O)CN[C@H]3CCN(S(=O)(=O)Cc4ccccc4)C3)CC2)cc1. The summed E-state index contributed by atoms with van der Waals surface area (Å²) in [6, 6.07) is 17.9. The zero-order valence-corrected chi connectivity index (χ0v) is 20.1. The number of benzene rings is 2. The molecule has 178 valence electrons. The highest BCUT2D eigenvalue weighted by atomic mass is 32.2. The number of carbonyl (C=O) groups is 1. The topological polar surface area (TPSA) is 73.0 Å². The van der Waals surface area contributed by atoms with E-state index in [1.165, 1.54) is 11.1 Å². The van der Waals surface area contributed by atoms with E-state index in [1.54, 1.807) is 4.31 Å². The van der Waals surface area contributed by atoms with Gasteiger partial charge in [-0.3, -0.25) is 9.69 Å². The normalized spacial score (nSPS) is 20.3. The van der Waals surface area contributed by atoms with Crippen LogP contribution in [0, 0.1) is 6.92 Å². The molecule has 7 nitrogen and oxygen atoms in total. The molecule has 2 aromatic rings. The molecule has 2 heterocycles. The summed E-state index contributed by atoms with van der Waals surface area (Å²) in [5, 5.41) is 3.29. The fourth-order valence-corrected chi connectivity index (χ4v) is 6.06. The number of nitrogens with one attached hydrogen (secondary N) is 1. The van der Waals surface area contributed by atoms with Gasteiger partial charge in [0.25, 0.3) is 0 Å². The average molecular weight is 471 g/mol. The maximum atomic E-state index is 12.7. The van der Waals surface area contributed by atoms with Gasteiger partial charge in [0.15, 0.2) is 0 Å². The first-order valence-electron chi connectivity index (χ1n) is 11.7. The molecular formula is C25H34N4O3S. The molecule has 2 fully saturated rings. The predicted molar refractivity (Wildman–Crippen MR) is 130 cm³/mol. The Morgan fingerprint density at radius 1 is 0.939 bits per heavy atom. The third-order valence-electron chi connectivity index (χ3n) is 6.53. The second-order valence-electron chi connectivity index (χ2n) is 9.11. The van der Waals surface area contributed by atoms with E-state index in [0.29, 0.717) is 13.1 Å². The van der Waals surface area contributed by atoms with E-state index in [0.717, 1.165) is 44.7 Å². The van der Waals surface area contributed by atoms with Crippen molar-refractivity contribution >= 4 is 15.9 Å². The van der Waals surface area contributed by atoms with Crippen LogP contribution in [-0.4, -0.2) is 80.3 Å². The smallest absolute Gasteiger partial charge is 0.236 e. The van der Waals surface area contributed by atoms with E-state index in [2.05, 4.69) is 41.4 Å². The molecule has 1 N–H and O–H groups in total. The summed E-state index contributed by atoms with van der Waals surface area (Å²) in [6.45, 7) is 7.39. The molecule has 2 aliphatic rings. The Morgan fingerprint density at radius 3 is 2.33 bits per heavy atom. The lowest BCUT2D eigenvalue weighted by atomic mass is 10.1. The maximum absolute atomic E-state index is 12.7. The summed E-state index contributed by atoms with van der Waals surface area (Å²) in [5.41, 5.74) is 3.36. The molecule has 2 aliphatic heterocycles. The molecular weight excluding hydrogens is 436 g/mol. The summed E-state index contributed by atoms with van der Waals surface area (Å²) in [6.07, 6.45) is 0.728. The summed E-state index contributed by atoms with van der Waals surface area (Å²) < 4.78 is 27.0. The number of hydrogen-bond donors (Lipinski definition) is 1. The van der Waals surface area contributed by atoms with Crippen molar-refractivity contribution < 1.29 is 13.2 Å². The van der Waals surface area contributed by atoms with E-state index in [1.807, 2.05) is 35.2 Å². The van der Waals surface area contributed by atoms with Gasteiger partial charge >= 0.3 is 0 Å². The molecule has 8 heteroatoms.